The van der Waals surface area contributed by atoms with Crippen LogP contribution in [0.5, 0.6) is 0 Å². The lowest BCUT2D eigenvalue weighted by atomic mass is 10.2. The summed E-state index contributed by atoms with van der Waals surface area (Å²) in [7, 11) is 3.99. The number of morpholine rings is 1. The first-order valence-corrected chi connectivity index (χ1v) is 5.31. The normalized spacial score (nSPS) is 24.3. The molecular weight excluding hydrogens is 194 g/mol. The second-order valence-corrected chi connectivity index (χ2v) is 4.33. The van der Waals surface area contributed by atoms with Gasteiger partial charge in [0.2, 0.25) is 5.91 Å². The van der Waals surface area contributed by atoms with Gasteiger partial charge in [0.05, 0.1) is 18.8 Å². The molecule has 1 rings (SSSR count). The largest absolute Gasteiger partial charge is 0.373 e. The maximum atomic E-state index is 11.7. The van der Waals surface area contributed by atoms with Gasteiger partial charge in [-0.25, -0.2) is 0 Å². The molecule has 1 fully saturated rings. The van der Waals surface area contributed by atoms with E-state index in [4.69, 9.17) is 10.5 Å². The fraction of sp³-hybridized carbons (Fsp3) is 0.900. The maximum absolute atomic E-state index is 11.7. The van der Waals surface area contributed by atoms with E-state index in [0.29, 0.717) is 19.7 Å². The third-order valence-electron chi connectivity index (χ3n) is 2.41. The molecule has 0 radical (unpaired) electrons. The molecule has 1 amide bonds. The molecule has 2 atom stereocenters. The Balaban J connectivity index is 2.45. The Morgan fingerprint density at radius 1 is 1.67 bits per heavy atom. The Bertz CT molecular complexity index is 219. The van der Waals surface area contributed by atoms with E-state index in [1.807, 2.05) is 14.1 Å². The summed E-state index contributed by atoms with van der Waals surface area (Å²) in [6, 6.07) is -0.414. The smallest absolute Gasteiger partial charge is 0.239 e. The van der Waals surface area contributed by atoms with Crippen LogP contribution >= 0.6 is 0 Å². The van der Waals surface area contributed by atoms with Gasteiger partial charge >= 0.3 is 0 Å². The average Bonchev–Trinajstić information content (AvgIpc) is 2.16. The van der Waals surface area contributed by atoms with E-state index in [1.165, 1.54) is 0 Å². The van der Waals surface area contributed by atoms with Crippen molar-refractivity contribution in [3.05, 3.63) is 0 Å². The standard InChI is InChI=1S/C10H21N3O2/c1-8(11)10(14)13-4-5-15-9(7-13)6-12(2)3/h8-9H,4-7,11H2,1-3H3/t8-,9+/m1/s1. The van der Waals surface area contributed by atoms with Crippen LogP contribution in [0.3, 0.4) is 0 Å². The van der Waals surface area contributed by atoms with Gasteiger partial charge in [0.15, 0.2) is 0 Å². The molecule has 0 aliphatic carbocycles. The molecule has 0 bridgehead atoms. The highest BCUT2D eigenvalue weighted by molar-refractivity contribution is 5.81. The molecule has 15 heavy (non-hydrogen) atoms. The number of ether oxygens (including phenoxy) is 1. The molecule has 1 heterocycles. The van der Waals surface area contributed by atoms with Crippen molar-refractivity contribution in [3.8, 4) is 0 Å². The monoisotopic (exact) mass is 215 g/mol. The third-order valence-corrected chi connectivity index (χ3v) is 2.41. The lowest BCUT2D eigenvalue weighted by Gasteiger charge is -2.35. The van der Waals surface area contributed by atoms with Crippen LogP contribution in [0, 0.1) is 0 Å². The average molecular weight is 215 g/mol. The van der Waals surface area contributed by atoms with Crippen molar-refractivity contribution in [3.63, 3.8) is 0 Å². The number of carbonyl (C=O) groups is 1. The number of likely N-dealkylation sites (N-methyl/N-ethyl adjacent to an activating group) is 1. The summed E-state index contributed by atoms with van der Waals surface area (Å²) in [5, 5.41) is 0. The number of hydrogen-bond acceptors (Lipinski definition) is 4. The van der Waals surface area contributed by atoms with Crippen LogP contribution in [0.15, 0.2) is 0 Å². The topological polar surface area (TPSA) is 58.8 Å². The number of rotatable bonds is 3. The zero-order chi connectivity index (χ0) is 11.4. The Hall–Kier alpha value is -0.650. The molecule has 5 nitrogen and oxygen atoms in total. The fourth-order valence-corrected chi connectivity index (χ4v) is 1.73. The molecule has 0 spiro atoms. The van der Waals surface area contributed by atoms with Gasteiger partial charge < -0.3 is 20.3 Å². The molecule has 0 aromatic carbocycles. The number of hydrogen-bond donors (Lipinski definition) is 1. The summed E-state index contributed by atoms with van der Waals surface area (Å²) < 4.78 is 5.57. The zero-order valence-electron chi connectivity index (χ0n) is 9.77. The summed E-state index contributed by atoms with van der Waals surface area (Å²) >= 11 is 0. The molecule has 1 saturated heterocycles. The van der Waals surface area contributed by atoms with Crippen LogP contribution in [0.25, 0.3) is 0 Å². The van der Waals surface area contributed by atoms with E-state index in [1.54, 1.807) is 11.8 Å². The van der Waals surface area contributed by atoms with Gasteiger partial charge in [0, 0.05) is 19.6 Å². The third kappa shape index (κ3) is 3.77. The Morgan fingerprint density at radius 2 is 2.33 bits per heavy atom. The summed E-state index contributed by atoms with van der Waals surface area (Å²) in [6.45, 7) is 4.47. The Labute approximate surface area is 91.2 Å². The van der Waals surface area contributed by atoms with Crippen molar-refractivity contribution in [2.45, 2.75) is 19.1 Å². The molecule has 1 aliphatic rings. The first-order chi connectivity index (χ1) is 7.00. The predicted octanol–water partition coefficient (Wildman–Crippen LogP) is -0.877. The van der Waals surface area contributed by atoms with Gasteiger partial charge in [-0.15, -0.1) is 0 Å². The first-order valence-electron chi connectivity index (χ1n) is 5.31. The minimum atomic E-state index is -0.414. The van der Waals surface area contributed by atoms with Gasteiger partial charge in [-0.05, 0) is 21.0 Å². The van der Waals surface area contributed by atoms with E-state index in [2.05, 4.69) is 4.90 Å². The molecular formula is C10H21N3O2. The molecule has 2 N–H and O–H groups in total. The maximum Gasteiger partial charge on any atom is 0.239 e. The fourth-order valence-electron chi connectivity index (χ4n) is 1.73. The van der Waals surface area contributed by atoms with E-state index < -0.39 is 6.04 Å². The van der Waals surface area contributed by atoms with Gasteiger partial charge in [-0.2, -0.15) is 0 Å². The van der Waals surface area contributed by atoms with Crippen molar-refractivity contribution in [2.75, 3.05) is 40.3 Å². The van der Waals surface area contributed by atoms with Gasteiger partial charge in [-0.1, -0.05) is 0 Å². The van der Waals surface area contributed by atoms with E-state index in [9.17, 15) is 4.79 Å². The molecule has 0 aromatic heterocycles. The van der Waals surface area contributed by atoms with Crippen LogP contribution < -0.4 is 5.73 Å². The first kappa shape index (κ1) is 12.4. The Kier molecular flexibility index (Phi) is 4.50. The van der Waals surface area contributed by atoms with Crippen molar-refractivity contribution >= 4 is 5.91 Å². The number of nitrogens with two attached hydrogens (primary N) is 1. The number of amides is 1. The summed E-state index contributed by atoms with van der Waals surface area (Å²) in [4.78, 5) is 15.5. The highest BCUT2D eigenvalue weighted by Crippen LogP contribution is 2.07. The molecule has 5 heteroatoms. The van der Waals surface area contributed by atoms with Crippen molar-refractivity contribution in [1.82, 2.24) is 9.80 Å². The van der Waals surface area contributed by atoms with Crippen LogP contribution in [0.1, 0.15) is 6.92 Å². The summed E-state index contributed by atoms with van der Waals surface area (Å²) in [6.07, 6.45) is 0.108. The molecule has 0 unspecified atom stereocenters. The van der Waals surface area contributed by atoms with E-state index in [0.717, 1.165) is 6.54 Å². The van der Waals surface area contributed by atoms with Crippen molar-refractivity contribution in [2.24, 2.45) is 5.73 Å². The van der Waals surface area contributed by atoms with Crippen LogP contribution in [-0.2, 0) is 9.53 Å². The highest BCUT2D eigenvalue weighted by Gasteiger charge is 2.25. The minimum absolute atomic E-state index is 0.0158. The lowest BCUT2D eigenvalue weighted by molar-refractivity contribution is -0.140. The summed E-state index contributed by atoms with van der Waals surface area (Å²) in [5.41, 5.74) is 5.57. The van der Waals surface area contributed by atoms with Crippen LogP contribution in [0.2, 0.25) is 0 Å². The van der Waals surface area contributed by atoms with Gasteiger partial charge in [-0.3, -0.25) is 4.79 Å². The highest BCUT2D eigenvalue weighted by atomic mass is 16.5. The van der Waals surface area contributed by atoms with Gasteiger partial charge in [0.25, 0.3) is 0 Å². The van der Waals surface area contributed by atoms with E-state index >= 15 is 0 Å². The summed E-state index contributed by atoms with van der Waals surface area (Å²) in [5.74, 6) is 0.0158. The van der Waals surface area contributed by atoms with Crippen LogP contribution in [0.4, 0.5) is 0 Å². The molecule has 88 valence electrons. The quantitative estimate of drug-likeness (QED) is 0.664. The molecule has 0 aromatic rings. The van der Waals surface area contributed by atoms with Crippen molar-refractivity contribution < 1.29 is 9.53 Å². The number of carbonyl (C=O) groups excluding carboxylic acids is 1. The molecule has 0 saturated carbocycles. The lowest BCUT2D eigenvalue weighted by Crippen LogP contribution is -2.52. The SMILES string of the molecule is C[C@@H](N)C(=O)N1CCO[C@@H](CN(C)C)C1. The van der Waals surface area contributed by atoms with E-state index in [-0.39, 0.29) is 12.0 Å². The van der Waals surface area contributed by atoms with Crippen molar-refractivity contribution in [1.29, 1.82) is 0 Å². The van der Waals surface area contributed by atoms with Gasteiger partial charge in [0.1, 0.15) is 0 Å². The zero-order valence-corrected chi connectivity index (χ0v) is 9.77. The Morgan fingerprint density at radius 3 is 2.87 bits per heavy atom. The number of nitrogens with zero attached hydrogens (tertiary/aromatic N) is 2. The molecule has 1 aliphatic heterocycles. The second-order valence-electron chi connectivity index (χ2n) is 4.33. The minimum Gasteiger partial charge on any atom is -0.373 e. The second kappa shape index (κ2) is 5.44. The predicted molar refractivity (Wildman–Crippen MR) is 58.5 cm³/mol. The van der Waals surface area contributed by atoms with Crippen LogP contribution in [-0.4, -0.2) is 68.2 Å².